The molecule has 1 unspecified atom stereocenters. The zero-order chi connectivity index (χ0) is 15.4. The molecule has 22 heavy (non-hydrogen) atoms. The number of fused-ring (bicyclic) bond motifs is 1. The number of thioether (sulfide) groups is 1. The van der Waals surface area contributed by atoms with E-state index in [0.29, 0.717) is 11.5 Å². The first-order valence-corrected chi connectivity index (χ1v) is 7.72. The van der Waals surface area contributed by atoms with Crippen LogP contribution in [0.4, 0.5) is 5.69 Å². The van der Waals surface area contributed by atoms with E-state index in [1.54, 1.807) is 11.5 Å². The van der Waals surface area contributed by atoms with Crippen molar-refractivity contribution in [2.75, 3.05) is 11.9 Å². The molecule has 1 amide bonds. The highest BCUT2D eigenvalue weighted by atomic mass is 32.2. The van der Waals surface area contributed by atoms with E-state index in [9.17, 15) is 4.79 Å². The van der Waals surface area contributed by atoms with Crippen LogP contribution in [-0.2, 0) is 4.79 Å². The maximum Gasteiger partial charge on any atom is 0.269 e. The van der Waals surface area contributed by atoms with Gasteiger partial charge in [-0.25, -0.2) is 0 Å². The minimum absolute atomic E-state index is 0.194. The molecule has 0 radical (unpaired) electrons. The minimum Gasteiger partial charge on any atom is -0.485 e. The van der Waals surface area contributed by atoms with E-state index in [1.807, 2.05) is 42.5 Å². The summed E-state index contributed by atoms with van der Waals surface area (Å²) >= 11 is 1.46. The lowest BCUT2D eigenvalue weighted by atomic mass is 10.2. The predicted molar refractivity (Wildman–Crippen MR) is 87.5 cm³/mol. The van der Waals surface area contributed by atoms with E-state index in [2.05, 4.69) is 11.9 Å². The third kappa shape index (κ3) is 3.09. The molecule has 5 heteroatoms. The average molecular weight is 313 g/mol. The number of carbonyl (C=O) groups excluding carboxylic acids is 1. The Morgan fingerprint density at radius 1 is 1.18 bits per heavy atom. The van der Waals surface area contributed by atoms with E-state index in [1.165, 1.54) is 11.8 Å². The van der Waals surface area contributed by atoms with Crippen LogP contribution < -0.4 is 14.8 Å². The molecule has 0 fully saturated rings. The fourth-order valence-corrected chi connectivity index (χ4v) is 2.71. The number of rotatable bonds is 4. The lowest BCUT2D eigenvalue weighted by Gasteiger charge is -2.25. The van der Waals surface area contributed by atoms with Crippen molar-refractivity contribution in [1.29, 1.82) is 0 Å². The summed E-state index contributed by atoms with van der Waals surface area (Å²) in [5, 5.41) is 4.61. The molecule has 0 bridgehead atoms. The van der Waals surface area contributed by atoms with Crippen molar-refractivity contribution in [2.24, 2.45) is 0 Å². The van der Waals surface area contributed by atoms with Gasteiger partial charge in [0.25, 0.3) is 5.91 Å². The summed E-state index contributed by atoms with van der Waals surface area (Å²) in [6, 6.07) is 14.9. The lowest BCUT2D eigenvalue weighted by molar-refractivity contribution is -0.125. The number of hydrogen-bond donors (Lipinski definition) is 1. The number of ether oxygens (including phenoxy) is 2. The fourth-order valence-electron chi connectivity index (χ4n) is 2.12. The van der Waals surface area contributed by atoms with Crippen molar-refractivity contribution >= 4 is 23.4 Å². The van der Waals surface area contributed by atoms with Crippen LogP contribution in [0.5, 0.6) is 11.5 Å². The van der Waals surface area contributed by atoms with Crippen LogP contribution in [-0.4, -0.2) is 18.6 Å². The molecule has 0 spiro atoms. The van der Waals surface area contributed by atoms with Crippen LogP contribution in [0.15, 0.2) is 65.4 Å². The van der Waals surface area contributed by atoms with E-state index < -0.39 is 6.10 Å². The molecule has 1 atom stereocenters. The van der Waals surface area contributed by atoms with Crippen molar-refractivity contribution in [3.63, 3.8) is 0 Å². The number of benzene rings is 2. The lowest BCUT2D eigenvalue weighted by Crippen LogP contribution is -2.40. The molecule has 3 rings (SSSR count). The molecule has 112 valence electrons. The van der Waals surface area contributed by atoms with Crippen LogP contribution in [0.25, 0.3) is 0 Å². The van der Waals surface area contributed by atoms with Gasteiger partial charge in [0.15, 0.2) is 11.5 Å². The molecule has 2 aromatic rings. The summed E-state index contributed by atoms with van der Waals surface area (Å²) in [5.41, 5.74) is 0.736. The maximum absolute atomic E-state index is 12.4. The van der Waals surface area contributed by atoms with Gasteiger partial charge in [0, 0.05) is 4.90 Å². The Labute approximate surface area is 133 Å². The Kier molecular flexibility index (Phi) is 4.34. The molecular formula is C17H15NO3S. The second kappa shape index (κ2) is 6.58. The minimum atomic E-state index is -0.670. The highest BCUT2D eigenvalue weighted by Crippen LogP contribution is 2.32. The summed E-state index contributed by atoms with van der Waals surface area (Å²) in [6.07, 6.45) is -0.670. The van der Waals surface area contributed by atoms with Crippen LogP contribution >= 0.6 is 11.8 Å². The van der Waals surface area contributed by atoms with Gasteiger partial charge in [-0.3, -0.25) is 4.79 Å². The Balaban J connectivity index is 1.72. The Hall–Kier alpha value is -2.40. The van der Waals surface area contributed by atoms with E-state index in [4.69, 9.17) is 9.47 Å². The Morgan fingerprint density at radius 2 is 1.91 bits per heavy atom. The van der Waals surface area contributed by atoms with Gasteiger partial charge in [0.2, 0.25) is 6.10 Å². The SMILES string of the molecule is C=CSc1ccccc1NC(=O)C1COc2ccccc2O1. The zero-order valence-electron chi connectivity index (χ0n) is 11.8. The molecule has 0 aromatic heterocycles. The average Bonchev–Trinajstić information content (AvgIpc) is 2.56. The second-order valence-corrected chi connectivity index (χ2v) is 5.64. The molecule has 0 saturated heterocycles. The highest BCUT2D eigenvalue weighted by Gasteiger charge is 2.27. The first-order chi connectivity index (χ1) is 10.8. The van der Waals surface area contributed by atoms with Crippen LogP contribution in [0.2, 0.25) is 0 Å². The predicted octanol–water partition coefficient (Wildman–Crippen LogP) is 3.70. The molecule has 1 aliphatic rings. The molecule has 1 heterocycles. The standard InChI is InChI=1S/C17H15NO3S/c1-2-22-16-10-6-3-7-12(16)18-17(19)15-11-20-13-8-4-5-9-14(13)21-15/h2-10,15H,1,11H2,(H,18,19). The van der Waals surface area contributed by atoms with E-state index in [0.717, 1.165) is 10.6 Å². The van der Waals surface area contributed by atoms with Crippen molar-refractivity contribution in [3.8, 4) is 11.5 Å². The van der Waals surface area contributed by atoms with Gasteiger partial charge in [-0.1, -0.05) is 42.6 Å². The fraction of sp³-hybridized carbons (Fsp3) is 0.118. The number of hydrogen-bond acceptors (Lipinski definition) is 4. The summed E-state index contributed by atoms with van der Waals surface area (Å²) in [7, 11) is 0. The van der Waals surface area contributed by atoms with Crippen molar-refractivity contribution in [3.05, 3.63) is 60.5 Å². The van der Waals surface area contributed by atoms with Gasteiger partial charge in [0.1, 0.15) is 6.61 Å². The van der Waals surface area contributed by atoms with E-state index >= 15 is 0 Å². The number of nitrogens with one attached hydrogen (secondary N) is 1. The Morgan fingerprint density at radius 3 is 2.73 bits per heavy atom. The molecular weight excluding hydrogens is 298 g/mol. The molecule has 1 N–H and O–H groups in total. The van der Waals surface area contributed by atoms with Crippen LogP contribution in [0.1, 0.15) is 0 Å². The van der Waals surface area contributed by atoms with Crippen LogP contribution in [0.3, 0.4) is 0 Å². The van der Waals surface area contributed by atoms with Gasteiger partial charge in [-0.15, -0.1) is 0 Å². The first kappa shape index (κ1) is 14.5. The topological polar surface area (TPSA) is 47.6 Å². The first-order valence-electron chi connectivity index (χ1n) is 6.84. The zero-order valence-corrected chi connectivity index (χ0v) is 12.6. The van der Waals surface area contributed by atoms with Gasteiger partial charge >= 0.3 is 0 Å². The molecule has 0 aliphatic carbocycles. The number of amides is 1. The number of para-hydroxylation sites is 3. The van der Waals surface area contributed by atoms with Gasteiger partial charge in [-0.2, -0.15) is 0 Å². The van der Waals surface area contributed by atoms with Crippen molar-refractivity contribution in [2.45, 2.75) is 11.0 Å². The van der Waals surface area contributed by atoms with Gasteiger partial charge < -0.3 is 14.8 Å². The second-order valence-electron chi connectivity index (χ2n) is 4.63. The van der Waals surface area contributed by atoms with Crippen molar-refractivity contribution in [1.82, 2.24) is 0 Å². The molecule has 4 nitrogen and oxygen atoms in total. The molecule has 0 saturated carbocycles. The third-order valence-corrected chi connectivity index (χ3v) is 3.93. The molecule has 1 aliphatic heterocycles. The van der Waals surface area contributed by atoms with Gasteiger partial charge in [0.05, 0.1) is 5.69 Å². The quantitative estimate of drug-likeness (QED) is 0.874. The summed E-state index contributed by atoms with van der Waals surface area (Å²) in [4.78, 5) is 13.3. The molecule has 2 aromatic carbocycles. The summed E-state index contributed by atoms with van der Waals surface area (Å²) < 4.78 is 11.3. The number of anilines is 1. The summed E-state index contributed by atoms with van der Waals surface area (Å²) in [6.45, 7) is 3.89. The third-order valence-electron chi connectivity index (χ3n) is 3.16. The maximum atomic E-state index is 12.4. The monoisotopic (exact) mass is 313 g/mol. The van der Waals surface area contributed by atoms with Gasteiger partial charge in [-0.05, 0) is 29.7 Å². The van der Waals surface area contributed by atoms with Crippen LogP contribution in [0, 0.1) is 0 Å². The van der Waals surface area contributed by atoms with E-state index in [-0.39, 0.29) is 12.5 Å². The summed E-state index contributed by atoms with van der Waals surface area (Å²) in [5.74, 6) is 1.02. The Bertz CT molecular complexity index is 702. The smallest absolute Gasteiger partial charge is 0.269 e. The largest absolute Gasteiger partial charge is 0.485 e. The number of carbonyl (C=O) groups is 1. The van der Waals surface area contributed by atoms with Crippen molar-refractivity contribution < 1.29 is 14.3 Å². The normalized spacial score (nSPS) is 15.9. The highest BCUT2D eigenvalue weighted by molar-refractivity contribution is 8.02.